The van der Waals surface area contributed by atoms with Gasteiger partial charge in [-0.05, 0) is 11.1 Å². The number of esters is 1. The smallest absolute Gasteiger partial charge is 0.410 e. The van der Waals surface area contributed by atoms with Crippen LogP contribution in [0.15, 0.2) is 54.6 Å². The van der Waals surface area contributed by atoms with E-state index >= 15 is 0 Å². The Kier molecular flexibility index (Phi) is 5.88. The van der Waals surface area contributed by atoms with Crippen LogP contribution >= 0.6 is 0 Å². The Morgan fingerprint density at radius 1 is 1.11 bits per heavy atom. The van der Waals surface area contributed by atoms with E-state index in [0.29, 0.717) is 6.54 Å². The third-order valence-corrected chi connectivity index (χ3v) is 4.58. The summed E-state index contributed by atoms with van der Waals surface area (Å²) in [5, 5.41) is 10.8. The molecular formula is C20H20N2O6. The van der Waals surface area contributed by atoms with Crippen molar-refractivity contribution in [1.82, 2.24) is 4.90 Å². The van der Waals surface area contributed by atoms with Gasteiger partial charge in [-0.1, -0.05) is 42.5 Å². The molecule has 1 fully saturated rings. The van der Waals surface area contributed by atoms with Crippen LogP contribution in [0, 0.1) is 10.1 Å². The Bertz CT molecular complexity index is 853. The lowest BCUT2D eigenvalue weighted by atomic mass is 9.96. The summed E-state index contributed by atoms with van der Waals surface area (Å²) in [7, 11) is 0. The molecule has 0 unspecified atom stereocenters. The van der Waals surface area contributed by atoms with Gasteiger partial charge in [-0.2, -0.15) is 0 Å². The second-order valence-electron chi connectivity index (χ2n) is 6.55. The molecule has 0 saturated carbocycles. The zero-order chi connectivity index (χ0) is 20.1. The average Bonchev–Trinajstić information content (AvgIpc) is 3.10. The van der Waals surface area contributed by atoms with Gasteiger partial charge in [0, 0.05) is 31.5 Å². The highest BCUT2D eigenvalue weighted by atomic mass is 16.6. The molecule has 1 aliphatic heterocycles. The van der Waals surface area contributed by atoms with Crippen molar-refractivity contribution in [3.05, 3.63) is 75.8 Å². The molecule has 28 heavy (non-hydrogen) atoms. The molecule has 1 aliphatic rings. The molecule has 1 heterocycles. The molecule has 2 atom stereocenters. The van der Waals surface area contributed by atoms with Crippen molar-refractivity contribution in [3.8, 4) is 0 Å². The number of amides is 1. The molecule has 0 spiro atoms. The molecule has 2 aromatic rings. The minimum Gasteiger partial charge on any atom is -0.460 e. The van der Waals surface area contributed by atoms with E-state index in [1.807, 2.05) is 30.3 Å². The van der Waals surface area contributed by atoms with E-state index < -0.39 is 23.1 Å². The minimum absolute atomic E-state index is 0.0232. The van der Waals surface area contributed by atoms with E-state index in [-0.39, 0.29) is 24.8 Å². The van der Waals surface area contributed by atoms with E-state index in [4.69, 9.17) is 9.47 Å². The first-order valence-corrected chi connectivity index (χ1v) is 8.81. The fourth-order valence-corrected chi connectivity index (χ4v) is 3.23. The number of nitrogens with zero attached hydrogens (tertiary/aromatic N) is 2. The first-order valence-electron chi connectivity index (χ1n) is 8.81. The summed E-state index contributed by atoms with van der Waals surface area (Å²) in [4.78, 5) is 35.8. The summed E-state index contributed by atoms with van der Waals surface area (Å²) in [6.07, 6.45) is -1.03. The molecule has 8 nitrogen and oxygen atoms in total. The topological polar surface area (TPSA) is 99.0 Å². The normalized spacial score (nSPS) is 18.5. The van der Waals surface area contributed by atoms with Crippen molar-refractivity contribution in [2.75, 3.05) is 13.1 Å². The number of non-ortho nitro benzene ring substituents is 1. The van der Waals surface area contributed by atoms with Crippen LogP contribution in [0.5, 0.6) is 0 Å². The van der Waals surface area contributed by atoms with E-state index in [1.54, 1.807) is 12.1 Å². The van der Waals surface area contributed by atoms with Crippen LogP contribution in [0.25, 0.3) is 0 Å². The van der Waals surface area contributed by atoms with Gasteiger partial charge in [-0.3, -0.25) is 14.9 Å². The van der Waals surface area contributed by atoms with Gasteiger partial charge in [0.15, 0.2) is 0 Å². The number of rotatable bonds is 5. The largest absolute Gasteiger partial charge is 0.460 e. The van der Waals surface area contributed by atoms with Crippen LogP contribution in [-0.2, 0) is 20.9 Å². The molecule has 8 heteroatoms. The minimum atomic E-state index is -0.539. The first-order chi connectivity index (χ1) is 13.4. The third-order valence-electron chi connectivity index (χ3n) is 4.58. The van der Waals surface area contributed by atoms with Crippen LogP contribution in [0.3, 0.4) is 0 Å². The zero-order valence-corrected chi connectivity index (χ0v) is 15.3. The van der Waals surface area contributed by atoms with Gasteiger partial charge in [0.25, 0.3) is 5.69 Å². The molecular weight excluding hydrogens is 364 g/mol. The molecule has 146 valence electrons. The Labute approximate surface area is 161 Å². The summed E-state index contributed by atoms with van der Waals surface area (Å²) >= 11 is 0. The number of carbonyl (C=O) groups is 2. The van der Waals surface area contributed by atoms with Gasteiger partial charge >= 0.3 is 12.1 Å². The predicted octanol–water partition coefficient (Wildman–Crippen LogP) is 3.26. The lowest BCUT2D eigenvalue weighted by Gasteiger charge is -2.17. The van der Waals surface area contributed by atoms with Crippen molar-refractivity contribution >= 4 is 17.7 Å². The van der Waals surface area contributed by atoms with E-state index in [1.165, 1.54) is 24.0 Å². The lowest BCUT2D eigenvalue weighted by molar-refractivity contribution is -0.384. The van der Waals surface area contributed by atoms with Crippen LogP contribution in [0.2, 0.25) is 0 Å². The monoisotopic (exact) mass is 384 g/mol. The van der Waals surface area contributed by atoms with Gasteiger partial charge in [-0.15, -0.1) is 0 Å². The molecule has 0 N–H and O–H groups in total. The molecule has 0 bridgehead atoms. The zero-order valence-electron chi connectivity index (χ0n) is 15.3. The van der Waals surface area contributed by atoms with Crippen LogP contribution in [-0.4, -0.2) is 41.1 Å². The van der Waals surface area contributed by atoms with E-state index in [0.717, 1.165) is 11.1 Å². The van der Waals surface area contributed by atoms with E-state index in [9.17, 15) is 19.7 Å². The Hall–Kier alpha value is -3.42. The molecule has 0 radical (unpaired) electrons. The van der Waals surface area contributed by atoms with Crippen molar-refractivity contribution in [3.63, 3.8) is 0 Å². The number of hydrogen-bond acceptors (Lipinski definition) is 6. The fourth-order valence-electron chi connectivity index (χ4n) is 3.23. The molecule has 0 aliphatic carbocycles. The number of carbonyl (C=O) groups excluding carboxylic acids is 2. The summed E-state index contributed by atoms with van der Waals surface area (Å²) in [5.74, 6) is -0.731. The Morgan fingerprint density at radius 3 is 2.39 bits per heavy atom. The fraction of sp³-hybridized carbons (Fsp3) is 0.300. The first kappa shape index (κ1) is 19.3. The average molecular weight is 384 g/mol. The number of ether oxygens (including phenoxy) is 2. The summed E-state index contributed by atoms with van der Waals surface area (Å²) in [5.41, 5.74) is 1.61. The standard InChI is InChI=1S/C20H20N2O6/c1-14(23)28-19-12-21(20(24)27-13-15-5-3-2-4-6-15)11-18(19)16-7-9-17(10-8-16)22(25)26/h2-10,18-19H,11-13H2,1H3/t18-,19+/m1/s1. The maximum absolute atomic E-state index is 12.4. The van der Waals surface area contributed by atoms with Crippen molar-refractivity contribution in [2.24, 2.45) is 0 Å². The van der Waals surface area contributed by atoms with Gasteiger partial charge in [-0.25, -0.2) is 4.79 Å². The molecule has 1 saturated heterocycles. The second-order valence-corrected chi connectivity index (χ2v) is 6.55. The van der Waals surface area contributed by atoms with Gasteiger partial charge < -0.3 is 14.4 Å². The summed E-state index contributed by atoms with van der Waals surface area (Å²) in [6, 6.07) is 15.4. The summed E-state index contributed by atoms with van der Waals surface area (Å²) < 4.78 is 10.7. The molecule has 2 aromatic carbocycles. The number of nitro groups is 1. The summed E-state index contributed by atoms with van der Waals surface area (Å²) in [6.45, 7) is 1.96. The Balaban J connectivity index is 1.70. The predicted molar refractivity (Wildman–Crippen MR) is 99.6 cm³/mol. The maximum atomic E-state index is 12.4. The number of likely N-dealkylation sites (tertiary alicyclic amines) is 1. The molecule has 3 rings (SSSR count). The molecule has 0 aromatic heterocycles. The number of nitro benzene ring substituents is 1. The number of benzene rings is 2. The second kappa shape index (κ2) is 8.51. The number of hydrogen-bond donors (Lipinski definition) is 0. The van der Waals surface area contributed by atoms with Gasteiger partial charge in [0.1, 0.15) is 12.7 Å². The van der Waals surface area contributed by atoms with Crippen molar-refractivity contribution in [2.45, 2.75) is 25.6 Å². The highest BCUT2D eigenvalue weighted by molar-refractivity contribution is 5.69. The lowest BCUT2D eigenvalue weighted by Crippen LogP contribution is -2.31. The van der Waals surface area contributed by atoms with E-state index in [2.05, 4.69) is 0 Å². The van der Waals surface area contributed by atoms with Crippen LogP contribution in [0.4, 0.5) is 10.5 Å². The highest BCUT2D eigenvalue weighted by Crippen LogP contribution is 2.31. The third kappa shape index (κ3) is 4.64. The van der Waals surface area contributed by atoms with Crippen molar-refractivity contribution < 1.29 is 24.0 Å². The SMILES string of the molecule is CC(=O)O[C@H]1CN(C(=O)OCc2ccccc2)C[C@@H]1c1ccc([N+](=O)[O-])cc1. The van der Waals surface area contributed by atoms with Crippen LogP contribution in [0.1, 0.15) is 24.0 Å². The maximum Gasteiger partial charge on any atom is 0.410 e. The van der Waals surface area contributed by atoms with Crippen molar-refractivity contribution in [1.29, 1.82) is 0 Å². The quantitative estimate of drug-likeness (QED) is 0.446. The van der Waals surface area contributed by atoms with Crippen LogP contribution < -0.4 is 0 Å². The highest BCUT2D eigenvalue weighted by Gasteiger charge is 2.39. The Morgan fingerprint density at radius 2 is 1.79 bits per heavy atom. The van der Waals surface area contributed by atoms with Gasteiger partial charge in [0.05, 0.1) is 11.5 Å². The van der Waals surface area contributed by atoms with Gasteiger partial charge in [0.2, 0.25) is 0 Å². The molecule has 1 amide bonds.